The Kier molecular flexibility index (Phi) is 4.74. The third kappa shape index (κ3) is 3.13. The summed E-state index contributed by atoms with van der Waals surface area (Å²) in [6.45, 7) is 13.9. The predicted molar refractivity (Wildman–Crippen MR) is 55.9 cm³/mol. The summed E-state index contributed by atoms with van der Waals surface area (Å²) >= 11 is 0. The van der Waals surface area contributed by atoms with Crippen molar-refractivity contribution in [3.8, 4) is 0 Å². The van der Waals surface area contributed by atoms with Gasteiger partial charge in [0.25, 0.3) is 0 Å². The van der Waals surface area contributed by atoms with Crippen LogP contribution in [-0.2, 0) is 0 Å². The van der Waals surface area contributed by atoms with E-state index in [2.05, 4.69) is 40.5 Å². The van der Waals surface area contributed by atoms with Crippen molar-refractivity contribution >= 4 is 15.8 Å². The molecule has 0 rings (SSSR count). The van der Waals surface area contributed by atoms with Crippen molar-refractivity contribution in [3.05, 3.63) is 10.6 Å². The fraction of sp³-hybridized carbons (Fsp3) is 0.750. The van der Waals surface area contributed by atoms with Gasteiger partial charge in [-0.25, -0.2) is 0 Å². The molecule has 0 spiro atoms. The average Bonchev–Trinajstić information content (AvgIpc) is 1.84. The molecule has 0 unspecified atom stereocenters. The molecule has 0 aromatic rings. The number of hydrogen-bond acceptors (Lipinski definition) is 0. The first-order chi connectivity index (χ1) is 4.46. The molecule has 2 heteroatoms. The standard InChI is InChI=1S/C8H18P2/c1-7(9(3)4)8(2)10(5)6/h1-6H3. The van der Waals surface area contributed by atoms with Crippen LogP contribution in [0.2, 0.25) is 0 Å². The molecule has 0 amide bonds. The third-order valence-corrected chi connectivity index (χ3v) is 5.40. The summed E-state index contributed by atoms with van der Waals surface area (Å²) in [5.41, 5.74) is 0. The number of hydrogen-bond donors (Lipinski definition) is 0. The molecule has 60 valence electrons. The molecule has 0 saturated heterocycles. The lowest BCUT2D eigenvalue weighted by Gasteiger charge is -2.14. The molecule has 0 atom stereocenters. The highest BCUT2D eigenvalue weighted by Crippen LogP contribution is 2.47. The van der Waals surface area contributed by atoms with Gasteiger partial charge >= 0.3 is 0 Å². The molecule has 0 N–H and O–H groups in total. The monoisotopic (exact) mass is 176 g/mol. The van der Waals surface area contributed by atoms with Gasteiger partial charge in [-0.1, -0.05) is 15.8 Å². The Morgan fingerprint density at radius 1 is 0.700 bits per heavy atom. The van der Waals surface area contributed by atoms with Crippen molar-refractivity contribution in [1.29, 1.82) is 0 Å². The molecule has 0 aliphatic heterocycles. The topological polar surface area (TPSA) is 0 Å². The molecule has 0 aliphatic carbocycles. The second-order valence-electron chi connectivity index (χ2n) is 2.96. The van der Waals surface area contributed by atoms with Crippen LogP contribution in [0.1, 0.15) is 13.8 Å². The first-order valence-electron chi connectivity index (χ1n) is 3.49. The van der Waals surface area contributed by atoms with Gasteiger partial charge in [-0.2, -0.15) is 0 Å². The summed E-state index contributed by atoms with van der Waals surface area (Å²) in [5, 5.41) is 3.29. The van der Waals surface area contributed by atoms with Crippen molar-refractivity contribution in [2.45, 2.75) is 13.8 Å². The normalized spacial score (nSPS) is 14.4. The predicted octanol–water partition coefficient (Wildman–Crippen LogP) is 3.72. The van der Waals surface area contributed by atoms with E-state index in [0.717, 1.165) is 0 Å². The highest BCUT2D eigenvalue weighted by Gasteiger charge is 2.03. The largest absolute Gasteiger partial charge is 0.0861 e. The Labute approximate surface area is 67.6 Å². The van der Waals surface area contributed by atoms with Gasteiger partial charge in [0.15, 0.2) is 0 Å². The zero-order valence-corrected chi connectivity index (χ0v) is 9.68. The Balaban J connectivity index is 4.34. The Morgan fingerprint density at radius 2 is 0.900 bits per heavy atom. The molecule has 0 radical (unpaired) electrons. The van der Waals surface area contributed by atoms with E-state index in [9.17, 15) is 0 Å². The lowest BCUT2D eigenvalue weighted by molar-refractivity contribution is 1.52. The van der Waals surface area contributed by atoms with Gasteiger partial charge in [0.1, 0.15) is 0 Å². The maximum Gasteiger partial charge on any atom is -0.0390 e. The van der Waals surface area contributed by atoms with E-state index in [0.29, 0.717) is 0 Å². The first-order valence-corrected chi connectivity index (χ1v) is 7.96. The van der Waals surface area contributed by atoms with Crippen LogP contribution < -0.4 is 0 Å². The van der Waals surface area contributed by atoms with Gasteiger partial charge in [-0.15, -0.1) is 0 Å². The summed E-state index contributed by atoms with van der Waals surface area (Å²) in [6.07, 6.45) is 0. The molecule has 0 aliphatic rings. The lowest BCUT2D eigenvalue weighted by Crippen LogP contribution is -1.79. The van der Waals surface area contributed by atoms with E-state index in [4.69, 9.17) is 0 Å². The van der Waals surface area contributed by atoms with Crippen LogP contribution in [0.5, 0.6) is 0 Å². The van der Waals surface area contributed by atoms with Gasteiger partial charge in [0.2, 0.25) is 0 Å². The van der Waals surface area contributed by atoms with Crippen LogP contribution in [0, 0.1) is 0 Å². The Bertz CT molecular complexity index is 118. The Hall–Kier alpha value is 0.600. The van der Waals surface area contributed by atoms with Crippen LogP contribution in [0.25, 0.3) is 0 Å². The molecule has 0 bridgehead atoms. The van der Waals surface area contributed by atoms with Crippen LogP contribution in [0.15, 0.2) is 10.6 Å². The molecule has 0 fully saturated rings. The summed E-state index contributed by atoms with van der Waals surface area (Å²) in [5.74, 6) is 0. The van der Waals surface area contributed by atoms with Crippen molar-refractivity contribution in [2.75, 3.05) is 26.7 Å². The zero-order valence-electron chi connectivity index (χ0n) is 7.89. The summed E-state index contributed by atoms with van der Waals surface area (Å²) in [6, 6.07) is 0. The summed E-state index contributed by atoms with van der Waals surface area (Å²) in [4.78, 5) is 0. The van der Waals surface area contributed by atoms with E-state index in [1.165, 1.54) is 0 Å². The molecule has 10 heavy (non-hydrogen) atoms. The number of rotatable bonds is 2. The SMILES string of the molecule is CC(=C(C)P(C)C)P(C)C. The van der Waals surface area contributed by atoms with Gasteiger partial charge in [-0.3, -0.25) is 0 Å². The van der Waals surface area contributed by atoms with E-state index < -0.39 is 0 Å². The maximum absolute atomic E-state index is 2.33. The molecule has 0 nitrogen and oxygen atoms in total. The molecular weight excluding hydrogens is 158 g/mol. The molecule has 0 aromatic heterocycles. The minimum Gasteiger partial charge on any atom is -0.0861 e. The van der Waals surface area contributed by atoms with Crippen molar-refractivity contribution in [2.24, 2.45) is 0 Å². The second-order valence-corrected chi connectivity index (χ2v) is 7.88. The Morgan fingerprint density at radius 3 is 1.00 bits per heavy atom. The van der Waals surface area contributed by atoms with Crippen LogP contribution in [-0.4, -0.2) is 26.7 Å². The van der Waals surface area contributed by atoms with Crippen molar-refractivity contribution in [1.82, 2.24) is 0 Å². The average molecular weight is 176 g/mol. The molecular formula is C8H18P2. The van der Waals surface area contributed by atoms with E-state index in [-0.39, 0.29) is 15.8 Å². The van der Waals surface area contributed by atoms with E-state index >= 15 is 0 Å². The summed E-state index contributed by atoms with van der Waals surface area (Å²) in [7, 11) is 0.325. The number of allylic oxidation sites excluding steroid dienone is 2. The van der Waals surface area contributed by atoms with Crippen LogP contribution in [0.3, 0.4) is 0 Å². The fourth-order valence-corrected chi connectivity index (χ4v) is 3.14. The van der Waals surface area contributed by atoms with Crippen LogP contribution in [0.4, 0.5) is 0 Å². The van der Waals surface area contributed by atoms with Gasteiger partial charge in [-0.05, 0) is 51.1 Å². The lowest BCUT2D eigenvalue weighted by atomic mass is 10.6. The van der Waals surface area contributed by atoms with Gasteiger partial charge in [0, 0.05) is 0 Å². The van der Waals surface area contributed by atoms with E-state index in [1.54, 1.807) is 10.6 Å². The van der Waals surface area contributed by atoms with Crippen molar-refractivity contribution in [3.63, 3.8) is 0 Å². The molecule has 0 saturated carbocycles. The van der Waals surface area contributed by atoms with Gasteiger partial charge in [0.05, 0.1) is 0 Å². The summed E-state index contributed by atoms with van der Waals surface area (Å²) < 4.78 is 0. The zero-order chi connectivity index (χ0) is 8.31. The molecule has 0 heterocycles. The maximum atomic E-state index is 2.33. The quantitative estimate of drug-likeness (QED) is 0.562. The second kappa shape index (κ2) is 4.47. The van der Waals surface area contributed by atoms with Crippen molar-refractivity contribution < 1.29 is 0 Å². The van der Waals surface area contributed by atoms with E-state index in [1.807, 2.05) is 0 Å². The van der Waals surface area contributed by atoms with Gasteiger partial charge < -0.3 is 0 Å². The smallest absolute Gasteiger partial charge is 0.0390 e. The highest BCUT2D eigenvalue weighted by molar-refractivity contribution is 7.64. The minimum absolute atomic E-state index is 0.162. The highest BCUT2D eigenvalue weighted by atomic mass is 31.1. The minimum atomic E-state index is 0.162. The first kappa shape index (κ1) is 10.6. The molecule has 0 aromatic carbocycles. The third-order valence-electron chi connectivity index (χ3n) is 1.87. The van der Waals surface area contributed by atoms with Crippen LogP contribution >= 0.6 is 15.8 Å². The fourth-order valence-electron chi connectivity index (χ4n) is 0.647.